The van der Waals surface area contributed by atoms with Crippen molar-refractivity contribution in [3.63, 3.8) is 0 Å². The molecule has 0 radical (unpaired) electrons. The van der Waals surface area contributed by atoms with Gasteiger partial charge in [0.05, 0.1) is 22.3 Å². The number of fused-ring (bicyclic) bond motifs is 1. The third-order valence-corrected chi connectivity index (χ3v) is 5.26. The fraction of sp³-hybridized carbons (Fsp3) is 0.278. The summed E-state index contributed by atoms with van der Waals surface area (Å²) < 4.78 is 12.3. The minimum absolute atomic E-state index is 0.0232. The first-order chi connectivity index (χ1) is 12.9. The van der Waals surface area contributed by atoms with Crippen molar-refractivity contribution in [3.05, 3.63) is 45.3 Å². The fourth-order valence-corrected chi connectivity index (χ4v) is 3.87. The Morgan fingerprint density at radius 3 is 2.78 bits per heavy atom. The van der Waals surface area contributed by atoms with Gasteiger partial charge in [0.2, 0.25) is 0 Å². The lowest BCUT2D eigenvalue weighted by Crippen LogP contribution is -2.10. The molecule has 0 aliphatic heterocycles. The lowest BCUT2D eigenvalue weighted by Gasteiger charge is -2.07. The summed E-state index contributed by atoms with van der Waals surface area (Å²) in [5.74, 6) is 0.0720. The van der Waals surface area contributed by atoms with Gasteiger partial charge in [0, 0.05) is 22.4 Å². The monoisotopic (exact) mass is 383 g/mol. The van der Waals surface area contributed by atoms with Crippen LogP contribution in [0.3, 0.4) is 0 Å². The number of pyridine rings is 1. The van der Waals surface area contributed by atoms with Gasteiger partial charge in [-0.2, -0.15) is 5.10 Å². The van der Waals surface area contributed by atoms with Crippen molar-refractivity contribution in [1.29, 1.82) is 0 Å². The molecule has 0 aromatic carbocycles. The molecule has 27 heavy (non-hydrogen) atoms. The summed E-state index contributed by atoms with van der Waals surface area (Å²) in [4.78, 5) is 23.7. The number of ether oxygens (including phenoxy) is 1. The van der Waals surface area contributed by atoms with Crippen LogP contribution < -0.4 is 0 Å². The Balaban J connectivity index is 1.76. The van der Waals surface area contributed by atoms with E-state index in [9.17, 15) is 4.79 Å². The Morgan fingerprint density at radius 2 is 2.11 bits per heavy atom. The highest BCUT2D eigenvalue weighted by atomic mass is 32.1. The number of aromatic nitrogens is 5. The minimum Gasteiger partial charge on any atom is -0.454 e. The maximum absolute atomic E-state index is 12.8. The van der Waals surface area contributed by atoms with Crippen molar-refractivity contribution in [2.24, 2.45) is 7.05 Å². The molecule has 0 amide bonds. The van der Waals surface area contributed by atoms with E-state index in [1.165, 1.54) is 11.2 Å². The molecule has 138 valence electrons. The normalized spacial score (nSPS) is 11.3. The quantitative estimate of drug-likeness (QED) is 0.499. The highest BCUT2D eigenvalue weighted by Gasteiger charge is 2.22. The minimum atomic E-state index is -0.484. The van der Waals surface area contributed by atoms with Crippen LogP contribution >= 0.6 is 11.3 Å². The smallest absolute Gasteiger partial charge is 0.339 e. The van der Waals surface area contributed by atoms with E-state index >= 15 is 0 Å². The molecule has 0 unspecified atom stereocenters. The van der Waals surface area contributed by atoms with E-state index in [2.05, 4.69) is 20.2 Å². The summed E-state index contributed by atoms with van der Waals surface area (Å²) in [6.07, 6.45) is 1.41. The number of esters is 1. The molecule has 4 rings (SSSR count). The number of hydrogen-bond acceptors (Lipinski definition) is 8. The van der Waals surface area contributed by atoms with Gasteiger partial charge in [-0.3, -0.25) is 4.68 Å². The molecular weight excluding hydrogens is 366 g/mol. The number of thiophene rings is 1. The second-order valence-electron chi connectivity index (χ2n) is 6.21. The zero-order valence-electron chi connectivity index (χ0n) is 15.3. The Hall–Kier alpha value is -3.07. The first-order valence-electron chi connectivity index (χ1n) is 8.28. The molecule has 0 aliphatic rings. The lowest BCUT2D eigenvalue weighted by molar-refractivity contribution is 0.0460. The summed E-state index contributed by atoms with van der Waals surface area (Å²) in [5, 5.41) is 8.49. The number of carbonyl (C=O) groups is 1. The van der Waals surface area contributed by atoms with E-state index < -0.39 is 5.97 Å². The van der Waals surface area contributed by atoms with Crippen LogP contribution in [-0.4, -0.2) is 30.9 Å². The predicted octanol–water partition coefficient (Wildman–Crippen LogP) is 3.36. The molecule has 0 N–H and O–H groups in total. The Bertz CT molecular complexity index is 1160. The van der Waals surface area contributed by atoms with Gasteiger partial charge in [-0.25, -0.2) is 14.8 Å². The SMILES string of the molecule is Cc1cc(-c2cc(C(=O)OCc3ncnn3C)c3c(C)noc3n2)c(C)s1. The number of carbonyl (C=O) groups excluding carboxylic acids is 1. The van der Waals surface area contributed by atoms with Crippen molar-refractivity contribution < 1.29 is 14.1 Å². The molecule has 4 aromatic rings. The number of aryl methyl sites for hydroxylation is 4. The molecule has 4 heterocycles. The molecule has 0 aliphatic carbocycles. The molecule has 0 saturated carbocycles. The van der Waals surface area contributed by atoms with E-state index in [1.54, 1.807) is 36.1 Å². The lowest BCUT2D eigenvalue weighted by atomic mass is 10.1. The molecule has 9 heteroatoms. The molecule has 8 nitrogen and oxygen atoms in total. The predicted molar refractivity (Wildman–Crippen MR) is 99.5 cm³/mol. The third kappa shape index (κ3) is 3.10. The van der Waals surface area contributed by atoms with Crippen LogP contribution in [0.25, 0.3) is 22.4 Å². The second kappa shape index (κ2) is 6.58. The number of hydrogen-bond donors (Lipinski definition) is 0. The standard InChI is InChI=1S/C18H17N5O3S/c1-9-5-12(11(3)27-9)14-6-13(16-10(2)22-26-17(16)21-14)18(24)25-7-15-19-8-20-23(15)4/h5-6,8H,7H2,1-4H3. The van der Waals surface area contributed by atoms with Crippen LogP contribution in [-0.2, 0) is 18.4 Å². The van der Waals surface area contributed by atoms with Gasteiger partial charge in [-0.1, -0.05) is 5.16 Å². The van der Waals surface area contributed by atoms with Crippen molar-refractivity contribution >= 4 is 28.4 Å². The summed E-state index contributed by atoms with van der Waals surface area (Å²) in [5.41, 5.74) is 2.91. The first-order valence-corrected chi connectivity index (χ1v) is 9.10. The van der Waals surface area contributed by atoms with Gasteiger partial charge in [-0.15, -0.1) is 11.3 Å². The largest absolute Gasteiger partial charge is 0.454 e. The van der Waals surface area contributed by atoms with Crippen LogP contribution in [0.15, 0.2) is 23.0 Å². The van der Waals surface area contributed by atoms with E-state index in [0.717, 1.165) is 10.4 Å². The first kappa shape index (κ1) is 17.3. The van der Waals surface area contributed by atoms with E-state index in [4.69, 9.17) is 9.26 Å². The van der Waals surface area contributed by atoms with Crippen LogP contribution in [0.4, 0.5) is 0 Å². The third-order valence-electron chi connectivity index (χ3n) is 4.29. The zero-order valence-corrected chi connectivity index (χ0v) is 16.1. The molecule has 0 spiro atoms. The number of rotatable bonds is 4. The van der Waals surface area contributed by atoms with Crippen LogP contribution in [0.5, 0.6) is 0 Å². The molecule has 4 aromatic heterocycles. The van der Waals surface area contributed by atoms with Crippen molar-refractivity contribution in [2.75, 3.05) is 0 Å². The summed E-state index contributed by atoms with van der Waals surface area (Å²) in [7, 11) is 1.74. The van der Waals surface area contributed by atoms with Crippen LogP contribution in [0.1, 0.15) is 31.6 Å². The van der Waals surface area contributed by atoms with Gasteiger partial charge >= 0.3 is 5.97 Å². The van der Waals surface area contributed by atoms with Gasteiger partial charge in [0.25, 0.3) is 5.71 Å². The molecule has 0 saturated heterocycles. The fourth-order valence-electron chi connectivity index (χ4n) is 2.94. The Labute approximate surface area is 158 Å². The topological polar surface area (TPSA) is 95.9 Å². The molecule has 0 fully saturated rings. The van der Waals surface area contributed by atoms with E-state index in [1.807, 2.05) is 19.9 Å². The Kier molecular flexibility index (Phi) is 4.23. The zero-order chi connectivity index (χ0) is 19.1. The van der Waals surface area contributed by atoms with Crippen molar-refractivity contribution in [3.8, 4) is 11.3 Å². The van der Waals surface area contributed by atoms with Gasteiger partial charge in [-0.05, 0) is 32.9 Å². The van der Waals surface area contributed by atoms with Gasteiger partial charge in [0.15, 0.2) is 12.4 Å². The average molecular weight is 383 g/mol. The van der Waals surface area contributed by atoms with Crippen molar-refractivity contribution in [1.82, 2.24) is 24.9 Å². The Morgan fingerprint density at radius 1 is 1.30 bits per heavy atom. The van der Waals surface area contributed by atoms with Crippen molar-refractivity contribution in [2.45, 2.75) is 27.4 Å². The molecule has 0 atom stereocenters. The van der Waals surface area contributed by atoms with E-state index in [-0.39, 0.29) is 6.61 Å². The van der Waals surface area contributed by atoms with E-state index in [0.29, 0.717) is 33.9 Å². The summed E-state index contributed by atoms with van der Waals surface area (Å²) in [6, 6.07) is 3.78. The average Bonchev–Trinajstić information content (AvgIpc) is 3.31. The molecular formula is C18H17N5O3S. The van der Waals surface area contributed by atoms with Crippen LogP contribution in [0, 0.1) is 20.8 Å². The second-order valence-corrected chi connectivity index (χ2v) is 7.67. The maximum Gasteiger partial charge on any atom is 0.339 e. The van der Waals surface area contributed by atoms with Gasteiger partial charge < -0.3 is 9.26 Å². The highest BCUT2D eigenvalue weighted by molar-refractivity contribution is 7.12. The highest BCUT2D eigenvalue weighted by Crippen LogP contribution is 2.33. The molecule has 0 bridgehead atoms. The summed E-state index contributed by atoms with van der Waals surface area (Å²) >= 11 is 1.68. The van der Waals surface area contributed by atoms with Gasteiger partial charge in [0.1, 0.15) is 6.33 Å². The maximum atomic E-state index is 12.8. The number of nitrogens with zero attached hydrogens (tertiary/aromatic N) is 5. The van der Waals surface area contributed by atoms with Crippen LogP contribution in [0.2, 0.25) is 0 Å². The summed E-state index contributed by atoms with van der Waals surface area (Å²) in [6.45, 7) is 5.85.